The highest BCUT2D eigenvalue weighted by Gasteiger charge is 2.23. The van der Waals surface area contributed by atoms with E-state index in [-0.39, 0.29) is 19.1 Å². The van der Waals surface area contributed by atoms with Crippen molar-refractivity contribution in [2.75, 3.05) is 40.9 Å². The monoisotopic (exact) mass is 713 g/mol. The van der Waals surface area contributed by atoms with Crippen molar-refractivity contribution >= 4 is 13.7 Å². The molecule has 0 aliphatic heterocycles. The molecule has 0 fully saturated rings. The predicted octanol–water partition coefficient (Wildman–Crippen LogP) is 9.72. The smallest absolute Gasteiger partial charge is 0.268 e. The van der Waals surface area contributed by atoms with E-state index in [0.29, 0.717) is 17.4 Å². The van der Waals surface area contributed by atoms with Crippen LogP contribution >= 0.6 is 7.82 Å². The lowest BCUT2D eigenvalue weighted by Crippen LogP contribution is -2.45. The molecule has 8 nitrogen and oxygen atoms in total. The summed E-state index contributed by atoms with van der Waals surface area (Å²) in [5.74, 6) is -0.213. The summed E-state index contributed by atoms with van der Waals surface area (Å²) >= 11 is 0. The Bertz CT molecular complexity index is 902. The van der Waals surface area contributed by atoms with Crippen molar-refractivity contribution < 1.29 is 32.9 Å². The van der Waals surface area contributed by atoms with Gasteiger partial charge in [-0.1, -0.05) is 127 Å². The number of aliphatic hydroxyl groups is 1. The lowest BCUT2D eigenvalue weighted by Gasteiger charge is -2.29. The number of phosphoric ester groups is 1. The van der Waals surface area contributed by atoms with E-state index in [9.17, 15) is 19.4 Å². The molecule has 1 amide bonds. The summed E-state index contributed by atoms with van der Waals surface area (Å²) in [6.45, 7) is 4.55. The van der Waals surface area contributed by atoms with E-state index in [1.54, 1.807) is 6.08 Å². The Balaban J connectivity index is 4.55. The van der Waals surface area contributed by atoms with Crippen LogP contribution in [0.3, 0.4) is 0 Å². The third kappa shape index (κ3) is 34.9. The van der Waals surface area contributed by atoms with Crippen molar-refractivity contribution in [2.24, 2.45) is 0 Å². The number of amides is 1. The van der Waals surface area contributed by atoms with Gasteiger partial charge < -0.3 is 28.8 Å². The molecule has 0 aromatic heterocycles. The van der Waals surface area contributed by atoms with E-state index in [4.69, 9.17) is 9.05 Å². The van der Waals surface area contributed by atoms with Crippen molar-refractivity contribution in [1.82, 2.24) is 5.32 Å². The van der Waals surface area contributed by atoms with Crippen LogP contribution in [0.4, 0.5) is 0 Å². The average Bonchev–Trinajstić information content (AvgIpc) is 3.04. The van der Waals surface area contributed by atoms with Crippen LogP contribution < -0.4 is 10.2 Å². The Kier molecular flexibility index (Phi) is 31.8. The Labute approximate surface area is 302 Å². The third-order valence-electron chi connectivity index (χ3n) is 8.54. The van der Waals surface area contributed by atoms with Gasteiger partial charge in [-0.15, -0.1) is 0 Å². The molecular formula is C40H77N2O6P. The molecule has 3 atom stereocenters. The van der Waals surface area contributed by atoms with Crippen molar-refractivity contribution in [3.05, 3.63) is 36.5 Å². The summed E-state index contributed by atoms with van der Waals surface area (Å²) in [7, 11) is 1.24. The molecule has 0 spiro atoms. The molecule has 0 radical (unpaired) electrons. The number of rotatable bonds is 35. The zero-order chi connectivity index (χ0) is 36.5. The van der Waals surface area contributed by atoms with Gasteiger partial charge in [0, 0.05) is 6.42 Å². The summed E-state index contributed by atoms with van der Waals surface area (Å²) in [6.07, 6.45) is 37.5. The molecule has 0 bridgehead atoms. The van der Waals surface area contributed by atoms with Crippen LogP contribution in [0.2, 0.25) is 0 Å². The average molecular weight is 713 g/mol. The topological polar surface area (TPSA) is 108 Å². The third-order valence-corrected chi connectivity index (χ3v) is 9.51. The fourth-order valence-electron chi connectivity index (χ4n) is 5.32. The first kappa shape index (κ1) is 47.7. The maximum Gasteiger partial charge on any atom is 0.268 e. The standard InChI is InChI=1S/C40H77N2O6P/c1-6-8-10-12-14-16-18-20-22-24-26-28-30-32-34-40(44)41-38(37-48-49(45,46)47-36-35-42(3,4)5)39(43)33-31-29-27-25-23-21-19-17-15-13-11-9-7-2/h11,13,18,20,31,33,38-39,43H,6-10,12,14-17,19,21-30,32,34-37H2,1-5H3,(H-,41,44,45,46)/b13-11+,20-18+,33-31+/t38-,39+/m0/s1. The van der Waals surface area contributed by atoms with E-state index >= 15 is 0 Å². The van der Waals surface area contributed by atoms with Crippen LogP contribution in [0.25, 0.3) is 0 Å². The highest BCUT2D eigenvalue weighted by molar-refractivity contribution is 7.45. The van der Waals surface area contributed by atoms with E-state index < -0.39 is 20.0 Å². The number of nitrogens with one attached hydrogen (secondary N) is 1. The number of allylic oxidation sites excluding steroid dienone is 5. The number of nitrogens with zero attached hydrogens (tertiary/aromatic N) is 1. The number of carbonyl (C=O) groups is 1. The number of phosphoric acid groups is 1. The van der Waals surface area contributed by atoms with Crippen LogP contribution in [0.1, 0.15) is 162 Å². The van der Waals surface area contributed by atoms with Gasteiger partial charge in [-0.2, -0.15) is 0 Å². The van der Waals surface area contributed by atoms with Crippen LogP contribution in [0.15, 0.2) is 36.5 Å². The second-order valence-corrected chi connectivity index (χ2v) is 16.0. The van der Waals surface area contributed by atoms with Crippen molar-refractivity contribution in [3.63, 3.8) is 0 Å². The second-order valence-electron chi connectivity index (χ2n) is 14.6. The lowest BCUT2D eigenvalue weighted by atomic mass is 10.1. The van der Waals surface area contributed by atoms with Crippen LogP contribution in [0, 0.1) is 0 Å². The number of carbonyl (C=O) groups excluding carboxylic acids is 1. The van der Waals surface area contributed by atoms with Crippen LogP contribution in [-0.2, 0) is 18.4 Å². The van der Waals surface area contributed by atoms with Gasteiger partial charge >= 0.3 is 0 Å². The lowest BCUT2D eigenvalue weighted by molar-refractivity contribution is -0.870. The molecule has 2 N–H and O–H groups in total. The molecule has 0 aliphatic rings. The fraction of sp³-hybridized carbons (Fsp3) is 0.825. The van der Waals surface area contributed by atoms with E-state index in [1.165, 1.54) is 89.9 Å². The second kappa shape index (κ2) is 32.6. The van der Waals surface area contributed by atoms with Gasteiger partial charge in [0.25, 0.3) is 7.82 Å². The van der Waals surface area contributed by atoms with Gasteiger partial charge in [0.2, 0.25) is 5.91 Å². The first-order valence-corrected chi connectivity index (χ1v) is 21.3. The number of unbranched alkanes of at least 4 members (excludes halogenated alkanes) is 18. The van der Waals surface area contributed by atoms with Gasteiger partial charge in [0.05, 0.1) is 39.9 Å². The zero-order valence-corrected chi connectivity index (χ0v) is 33.3. The Morgan fingerprint density at radius 1 is 0.694 bits per heavy atom. The minimum absolute atomic E-state index is 0.00478. The number of hydrogen-bond acceptors (Lipinski definition) is 6. The quantitative estimate of drug-likeness (QED) is 0.0293. The Hall–Kier alpha value is -1.28. The van der Waals surface area contributed by atoms with E-state index in [1.807, 2.05) is 27.2 Å². The molecule has 288 valence electrons. The minimum atomic E-state index is -4.58. The summed E-state index contributed by atoms with van der Waals surface area (Å²) < 4.78 is 23.1. The molecule has 1 unspecified atom stereocenters. The van der Waals surface area contributed by atoms with E-state index in [2.05, 4.69) is 43.5 Å². The highest BCUT2D eigenvalue weighted by atomic mass is 31.2. The summed E-state index contributed by atoms with van der Waals surface area (Å²) in [5.41, 5.74) is 0. The molecule has 0 aliphatic carbocycles. The van der Waals surface area contributed by atoms with Crippen molar-refractivity contribution in [2.45, 2.75) is 174 Å². The molecule has 0 aromatic carbocycles. The van der Waals surface area contributed by atoms with E-state index in [0.717, 1.165) is 51.4 Å². The molecule has 9 heteroatoms. The van der Waals surface area contributed by atoms with Gasteiger partial charge in [0.15, 0.2) is 0 Å². The highest BCUT2D eigenvalue weighted by Crippen LogP contribution is 2.38. The normalized spacial score (nSPS) is 15.0. The number of likely N-dealkylation sites (N-methyl/N-ethyl adjacent to an activating group) is 1. The molecular weight excluding hydrogens is 635 g/mol. The SMILES string of the molecule is CCC/C=C/CCCCCCCC/C=C/[C@@H](O)[C@H](COP(=O)([O-])OCC[N+](C)(C)C)NC(=O)CCCCCCC/C=C/CCCCCCC. The molecule has 0 rings (SSSR count). The van der Waals surface area contributed by atoms with Crippen LogP contribution in [-0.4, -0.2) is 68.5 Å². The largest absolute Gasteiger partial charge is 0.756 e. The van der Waals surface area contributed by atoms with Crippen molar-refractivity contribution in [1.29, 1.82) is 0 Å². The molecule has 0 aromatic rings. The molecule has 49 heavy (non-hydrogen) atoms. The Morgan fingerprint density at radius 2 is 1.16 bits per heavy atom. The van der Waals surface area contributed by atoms with Crippen LogP contribution in [0.5, 0.6) is 0 Å². The summed E-state index contributed by atoms with van der Waals surface area (Å²) in [4.78, 5) is 25.2. The number of aliphatic hydroxyl groups excluding tert-OH is 1. The molecule has 0 saturated heterocycles. The zero-order valence-electron chi connectivity index (χ0n) is 32.4. The number of quaternary nitrogens is 1. The van der Waals surface area contributed by atoms with Crippen molar-refractivity contribution in [3.8, 4) is 0 Å². The first-order chi connectivity index (χ1) is 23.5. The maximum absolute atomic E-state index is 12.8. The van der Waals surface area contributed by atoms with Gasteiger partial charge in [-0.05, 0) is 64.2 Å². The molecule has 0 heterocycles. The minimum Gasteiger partial charge on any atom is -0.756 e. The van der Waals surface area contributed by atoms with Gasteiger partial charge in [0.1, 0.15) is 13.2 Å². The fourth-order valence-corrected chi connectivity index (χ4v) is 6.05. The predicted molar refractivity (Wildman–Crippen MR) is 205 cm³/mol. The Morgan fingerprint density at radius 3 is 1.67 bits per heavy atom. The summed E-state index contributed by atoms with van der Waals surface area (Å²) in [6, 6.07) is -0.891. The van der Waals surface area contributed by atoms with Gasteiger partial charge in [-0.3, -0.25) is 9.36 Å². The number of hydrogen-bond donors (Lipinski definition) is 2. The first-order valence-electron chi connectivity index (χ1n) is 19.9. The maximum atomic E-state index is 12.8. The molecule has 0 saturated carbocycles. The summed E-state index contributed by atoms with van der Waals surface area (Å²) in [5, 5.41) is 13.7. The van der Waals surface area contributed by atoms with Gasteiger partial charge in [-0.25, -0.2) is 0 Å².